The molecular formula is C16H22N2O3. The van der Waals surface area contributed by atoms with Crippen LogP contribution < -0.4 is 5.32 Å². The van der Waals surface area contributed by atoms with Gasteiger partial charge in [0.25, 0.3) is 5.91 Å². The molecule has 2 amide bonds. The lowest BCUT2D eigenvalue weighted by atomic mass is 9.96. The van der Waals surface area contributed by atoms with Crippen molar-refractivity contribution in [3.8, 4) is 5.75 Å². The summed E-state index contributed by atoms with van der Waals surface area (Å²) in [6.07, 6.45) is 1.81. The predicted molar refractivity (Wildman–Crippen MR) is 80.2 cm³/mol. The van der Waals surface area contributed by atoms with Crippen LogP contribution in [0.3, 0.4) is 0 Å². The highest BCUT2D eigenvalue weighted by Gasteiger charge is 2.24. The normalized spacial score (nSPS) is 15.8. The van der Waals surface area contributed by atoms with Gasteiger partial charge in [-0.2, -0.15) is 0 Å². The number of phenols is 1. The van der Waals surface area contributed by atoms with Crippen LogP contribution in [0.5, 0.6) is 5.75 Å². The molecule has 0 aliphatic carbocycles. The lowest BCUT2D eigenvalue weighted by molar-refractivity contribution is -0.119. The molecule has 1 saturated heterocycles. The lowest BCUT2D eigenvalue weighted by Gasteiger charge is -2.32. The molecule has 0 saturated carbocycles. The highest BCUT2D eigenvalue weighted by Crippen LogP contribution is 2.21. The molecule has 0 atom stereocenters. The van der Waals surface area contributed by atoms with Gasteiger partial charge in [-0.1, -0.05) is 0 Å². The van der Waals surface area contributed by atoms with Gasteiger partial charge < -0.3 is 15.3 Å². The number of nitrogens with one attached hydrogen (secondary N) is 1. The van der Waals surface area contributed by atoms with Gasteiger partial charge in [0.2, 0.25) is 5.91 Å². The predicted octanol–water partition coefficient (Wildman–Crippen LogP) is 1.69. The zero-order valence-corrected chi connectivity index (χ0v) is 12.6. The highest BCUT2D eigenvalue weighted by molar-refractivity contribution is 5.95. The first kappa shape index (κ1) is 15.4. The minimum atomic E-state index is -0.00627. The number of carbonyl (C=O) groups excluding carboxylic acids is 2. The van der Waals surface area contributed by atoms with Crippen molar-refractivity contribution in [3.63, 3.8) is 0 Å². The van der Waals surface area contributed by atoms with Gasteiger partial charge in [0.05, 0.1) is 0 Å². The Hall–Kier alpha value is -2.04. The third-order valence-corrected chi connectivity index (χ3v) is 3.98. The Kier molecular flexibility index (Phi) is 4.83. The largest absolute Gasteiger partial charge is 0.508 e. The summed E-state index contributed by atoms with van der Waals surface area (Å²) in [5, 5.41) is 12.2. The summed E-state index contributed by atoms with van der Waals surface area (Å²) in [5.74, 6) is 0.635. The fourth-order valence-electron chi connectivity index (χ4n) is 2.69. The first-order valence-corrected chi connectivity index (χ1v) is 7.30. The molecular weight excluding hydrogens is 268 g/mol. The van der Waals surface area contributed by atoms with E-state index in [1.54, 1.807) is 18.2 Å². The van der Waals surface area contributed by atoms with E-state index in [1.807, 2.05) is 11.8 Å². The maximum atomic E-state index is 12.5. The van der Waals surface area contributed by atoms with Gasteiger partial charge in [0.1, 0.15) is 5.75 Å². The second-order valence-electron chi connectivity index (χ2n) is 5.67. The highest BCUT2D eigenvalue weighted by atomic mass is 16.3. The number of nitrogens with zero attached hydrogens (tertiary/aromatic N) is 1. The van der Waals surface area contributed by atoms with Crippen LogP contribution in [-0.4, -0.2) is 41.5 Å². The molecule has 1 heterocycles. The molecule has 0 unspecified atom stereocenters. The summed E-state index contributed by atoms with van der Waals surface area (Å²) in [7, 11) is 0. The Bertz CT molecular complexity index is 534. The number of hydrogen-bond acceptors (Lipinski definition) is 3. The SMILES string of the molecule is CC(=O)NCC1CCN(C(=O)c2ccc(O)cc2C)CC1. The van der Waals surface area contributed by atoms with Gasteiger partial charge in [0.15, 0.2) is 0 Å². The van der Waals surface area contributed by atoms with Crippen molar-refractivity contribution in [1.82, 2.24) is 10.2 Å². The number of aromatic hydroxyl groups is 1. The third kappa shape index (κ3) is 3.97. The van der Waals surface area contributed by atoms with Crippen LogP contribution >= 0.6 is 0 Å². The maximum absolute atomic E-state index is 12.5. The van der Waals surface area contributed by atoms with Crippen LogP contribution in [0.2, 0.25) is 0 Å². The van der Waals surface area contributed by atoms with E-state index in [9.17, 15) is 14.7 Å². The quantitative estimate of drug-likeness (QED) is 0.890. The maximum Gasteiger partial charge on any atom is 0.254 e. The van der Waals surface area contributed by atoms with E-state index >= 15 is 0 Å². The molecule has 0 aromatic heterocycles. The van der Waals surface area contributed by atoms with Crippen molar-refractivity contribution < 1.29 is 14.7 Å². The summed E-state index contributed by atoms with van der Waals surface area (Å²) >= 11 is 0. The monoisotopic (exact) mass is 290 g/mol. The Morgan fingerprint density at radius 1 is 1.33 bits per heavy atom. The number of hydrogen-bond donors (Lipinski definition) is 2. The topological polar surface area (TPSA) is 69.6 Å². The Labute approximate surface area is 125 Å². The summed E-state index contributed by atoms with van der Waals surface area (Å²) in [6, 6.07) is 4.83. The van der Waals surface area contributed by atoms with Crippen molar-refractivity contribution in [1.29, 1.82) is 0 Å². The van der Waals surface area contributed by atoms with Gasteiger partial charge in [-0.25, -0.2) is 0 Å². The molecule has 2 rings (SSSR count). The molecule has 5 nitrogen and oxygen atoms in total. The van der Waals surface area contributed by atoms with Crippen LogP contribution in [0.1, 0.15) is 35.7 Å². The summed E-state index contributed by atoms with van der Waals surface area (Å²) in [5.41, 5.74) is 1.44. The second-order valence-corrected chi connectivity index (χ2v) is 5.67. The van der Waals surface area contributed by atoms with E-state index in [2.05, 4.69) is 5.32 Å². The number of piperidine rings is 1. The van der Waals surface area contributed by atoms with Crippen LogP contribution in [0, 0.1) is 12.8 Å². The number of carbonyl (C=O) groups is 2. The molecule has 5 heteroatoms. The van der Waals surface area contributed by atoms with Crippen molar-refractivity contribution in [2.45, 2.75) is 26.7 Å². The smallest absolute Gasteiger partial charge is 0.254 e. The van der Waals surface area contributed by atoms with E-state index in [-0.39, 0.29) is 17.6 Å². The van der Waals surface area contributed by atoms with Crippen LogP contribution in [0.4, 0.5) is 0 Å². The van der Waals surface area contributed by atoms with Crippen molar-refractivity contribution in [3.05, 3.63) is 29.3 Å². The first-order chi connectivity index (χ1) is 9.97. The van der Waals surface area contributed by atoms with Crippen LogP contribution in [-0.2, 0) is 4.79 Å². The molecule has 0 radical (unpaired) electrons. The van der Waals surface area contributed by atoms with E-state index in [4.69, 9.17) is 0 Å². The average molecular weight is 290 g/mol. The molecule has 2 N–H and O–H groups in total. The standard InChI is InChI=1S/C16H22N2O3/c1-11-9-14(20)3-4-15(11)16(21)18-7-5-13(6-8-18)10-17-12(2)19/h3-4,9,13,20H,5-8,10H2,1-2H3,(H,17,19). The number of likely N-dealkylation sites (tertiary alicyclic amines) is 1. The lowest BCUT2D eigenvalue weighted by Crippen LogP contribution is -2.41. The van der Waals surface area contributed by atoms with E-state index in [0.717, 1.165) is 18.4 Å². The van der Waals surface area contributed by atoms with Crippen molar-refractivity contribution in [2.75, 3.05) is 19.6 Å². The number of benzene rings is 1. The van der Waals surface area contributed by atoms with Gasteiger partial charge in [-0.3, -0.25) is 9.59 Å². The molecule has 1 aromatic carbocycles. The minimum Gasteiger partial charge on any atom is -0.508 e. The Morgan fingerprint density at radius 3 is 2.57 bits per heavy atom. The van der Waals surface area contributed by atoms with Crippen LogP contribution in [0.25, 0.3) is 0 Å². The minimum absolute atomic E-state index is 0.00627. The van der Waals surface area contributed by atoms with E-state index in [0.29, 0.717) is 31.1 Å². The number of rotatable bonds is 3. The number of aryl methyl sites for hydroxylation is 1. The Morgan fingerprint density at radius 2 is 2.00 bits per heavy atom. The molecule has 1 aliphatic heterocycles. The number of amides is 2. The summed E-state index contributed by atoms with van der Waals surface area (Å²) in [6.45, 7) is 5.46. The molecule has 114 valence electrons. The third-order valence-electron chi connectivity index (χ3n) is 3.98. The van der Waals surface area contributed by atoms with Gasteiger partial charge >= 0.3 is 0 Å². The molecule has 21 heavy (non-hydrogen) atoms. The van der Waals surface area contributed by atoms with Crippen LogP contribution in [0.15, 0.2) is 18.2 Å². The van der Waals surface area contributed by atoms with Crippen molar-refractivity contribution in [2.24, 2.45) is 5.92 Å². The Balaban J connectivity index is 1.92. The number of phenolic OH excluding ortho intramolecular Hbond substituents is 1. The van der Waals surface area contributed by atoms with E-state index in [1.165, 1.54) is 6.92 Å². The molecule has 1 aliphatic rings. The first-order valence-electron chi connectivity index (χ1n) is 7.30. The molecule has 1 fully saturated rings. The van der Waals surface area contributed by atoms with Gasteiger partial charge in [0, 0.05) is 32.1 Å². The van der Waals surface area contributed by atoms with Crippen molar-refractivity contribution >= 4 is 11.8 Å². The zero-order valence-electron chi connectivity index (χ0n) is 12.6. The van der Waals surface area contributed by atoms with Gasteiger partial charge in [-0.05, 0) is 49.4 Å². The summed E-state index contributed by atoms with van der Waals surface area (Å²) in [4.78, 5) is 25.2. The second kappa shape index (κ2) is 6.61. The zero-order chi connectivity index (χ0) is 15.4. The fraction of sp³-hybridized carbons (Fsp3) is 0.500. The molecule has 1 aromatic rings. The molecule has 0 spiro atoms. The average Bonchev–Trinajstić information content (AvgIpc) is 2.45. The molecule has 0 bridgehead atoms. The summed E-state index contributed by atoms with van der Waals surface area (Å²) < 4.78 is 0. The fourth-order valence-corrected chi connectivity index (χ4v) is 2.69. The van der Waals surface area contributed by atoms with Gasteiger partial charge in [-0.15, -0.1) is 0 Å². The van der Waals surface area contributed by atoms with E-state index < -0.39 is 0 Å².